The zero-order valence-electron chi connectivity index (χ0n) is 15.2. The maximum Gasteiger partial charge on any atom is 0.245 e. The van der Waals surface area contributed by atoms with Gasteiger partial charge in [-0.3, -0.25) is 14.5 Å². The van der Waals surface area contributed by atoms with Gasteiger partial charge in [-0.15, -0.1) is 0 Å². The molecule has 3 fully saturated rings. The average Bonchev–Trinajstić information content (AvgIpc) is 3.20. The Bertz CT molecular complexity index is 475. The van der Waals surface area contributed by atoms with Crippen LogP contribution < -0.4 is 5.32 Å². The highest BCUT2D eigenvalue weighted by molar-refractivity contribution is 5.89. The van der Waals surface area contributed by atoms with Gasteiger partial charge in [0.25, 0.3) is 0 Å². The predicted molar refractivity (Wildman–Crippen MR) is 92.2 cm³/mol. The third-order valence-electron chi connectivity index (χ3n) is 5.99. The molecule has 24 heavy (non-hydrogen) atoms. The first-order chi connectivity index (χ1) is 11.6. The topological polar surface area (TPSA) is 58.6 Å². The summed E-state index contributed by atoms with van der Waals surface area (Å²) in [6.07, 6.45) is 9.06. The van der Waals surface area contributed by atoms with Gasteiger partial charge in [0.05, 0.1) is 6.61 Å². The van der Waals surface area contributed by atoms with Crippen molar-refractivity contribution in [2.75, 3.05) is 13.2 Å². The first kappa shape index (κ1) is 17.7. The SMILES string of the molecule is CCCNC(=O)C1COC2(CCCC(C)C2)N1C(=O)C1CCCC1. The smallest absolute Gasteiger partial charge is 0.245 e. The lowest BCUT2D eigenvalue weighted by Gasteiger charge is -2.44. The van der Waals surface area contributed by atoms with Gasteiger partial charge in [-0.05, 0) is 44.4 Å². The number of carbonyl (C=O) groups is 2. The van der Waals surface area contributed by atoms with Crippen LogP contribution in [0.5, 0.6) is 0 Å². The largest absolute Gasteiger partial charge is 0.354 e. The quantitative estimate of drug-likeness (QED) is 0.859. The maximum atomic E-state index is 13.3. The summed E-state index contributed by atoms with van der Waals surface area (Å²) >= 11 is 0. The van der Waals surface area contributed by atoms with E-state index in [0.29, 0.717) is 19.1 Å². The second kappa shape index (κ2) is 7.42. The molecule has 2 aliphatic carbocycles. The first-order valence-electron chi connectivity index (χ1n) is 9.82. The van der Waals surface area contributed by atoms with Gasteiger partial charge in [-0.25, -0.2) is 0 Å². The maximum absolute atomic E-state index is 13.3. The van der Waals surface area contributed by atoms with Crippen molar-refractivity contribution in [1.29, 1.82) is 0 Å². The lowest BCUT2D eigenvalue weighted by atomic mass is 9.82. The fourth-order valence-corrected chi connectivity index (χ4v) is 4.77. The fourth-order valence-electron chi connectivity index (χ4n) is 4.77. The van der Waals surface area contributed by atoms with Crippen molar-refractivity contribution in [2.24, 2.45) is 11.8 Å². The molecule has 1 saturated heterocycles. The van der Waals surface area contributed by atoms with Crippen molar-refractivity contribution < 1.29 is 14.3 Å². The van der Waals surface area contributed by atoms with Crippen molar-refractivity contribution in [3.05, 3.63) is 0 Å². The molecule has 1 N–H and O–H groups in total. The van der Waals surface area contributed by atoms with E-state index in [4.69, 9.17) is 4.74 Å². The normalized spacial score (nSPS) is 34.0. The number of rotatable bonds is 4. The van der Waals surface area contributed by atoms with Crippen LogP contribution in [-0.4, -0.2) is 41.6 Å². The average molecular weight is 336 g/mol. The number of nitrogens with zero attached hydrogens (tertiary/aromatic N) is 1. The molecular formula is C19H32N2O3. The summed E-state index contributed by atoms with van der Waals surface area (Å²) in [6, 6.07) is -0.449. The standard InChI is InChI=1S/C19H32N2O3/c1-3-11-20-17(22)16-13-24-19(10-6-7-14(2)12-19)21(16)18(23)15-8-4-5-9-15/h14-16H,3-13H2,1-2H3,(H,20,22). The Balaban J connectivity index is 1.83. The number of nitrogens with one attached hydrogen (secondary N) is 1. The molecule has 0 aromatic rings. The Morgan fingerprint density at radius 1 is 1.21 bits per heavy atom. The zero-order chi connectivity index (χ0) is 17.2. The van der Waals surface area contributed by atoms with Crippen LogP contribution in [0.3, 0.4) is 0 Å². The van der Waals surface area contributed by atoms with E-state index < -0.39 is 11.8 Å². The molecule has 3 unspecified atom stereocenters. The van der Waals surface area contributed by atoms with Crippen LogP contribution in [0.1, 0.15) is 71.6 Å². The molecule has 1 aliphatic heterocycles. The van der Waals surface area contributed by atoms with E-state index in [1.807, 2.05) is 11.8 Å². The van der Waals surface area contributed by atoms with Crippen LogP contribution >= 0.6 is 0 Å². The molecule has 0 bridgehead atoms. The molecular weight excluding hydrogens is 304 g/mol. The molecule has 1 heterocycles. The van der Waals surface area contributed by atoms with Crippen LogP contribution in [0.2, 0.25) is 0 Å². The summed E-state index contributed by atoms with van der Waals surface area (Å²) in [5, 5.41) is 2.97. The van der Waals surface area contributed by atoms with E-state index in [-0.39, 0.29) is 17.7 Å². The van der Waals surface area contributed by atoms with Crippen molar-refractivity contribution in [2.45, 2.75) is 83.4 Å². The summed E-state index contributed by atoms with van der Waals surface area (Å²) in [4.78, 5) is 27.8. The lowest BCUT2D eigenvalue weighted by Crippen LogP contribution is -2.58. The summed E-state index contributed by atoms with van der Waals surface area (Å²) in [5.74, 6) is 0.742. The minimum atomic E-state index is -0.536. The molecule has 0 radical (unpaired) electrons. The van der Waals surface area contributed by atoms with Gasteiger partial charge in [-0.2, -0.15) is 0 Å². The minimum Gasteiger partial charge on any atom is -0.354 e. The minimum absolute atomic E-state index is 0.0432. The third-order valence-corrected chi connectivity index (χ3v) is 5.99. The van der Waals surface area contributed by atoms with E-state index >= 15 is 0 Å². The molecule has 136 valence electrons. The van der Waals surface area contributed by atoms with Gasteiger partial charge in [-0.1, -0.05) is 33.1 Å². The van der Waals surface area contributed by atoms with Crippen LogP contribution in [0, 0.1) is 11.8 Å². The van der Waals surface area contributed by atoms with Crippen molar-refractivity contribution in [1.82, 2.24) is 10.2 Å². The Labute approximate surface area is 145 Å². The molecule has 3 rings (SSSR count). The van der Waals surface area contributed by atoms with Crippen LogP contribution in [-0.2, 0) is 14.3 Å². The molecule has 0 aromatic carbocycles. The molecule has 3 atom stereocenters. The van der Waals surface area contributed by atoms with Crippen LogP contribution in [0.4, 0.5) is 0 Å². The third kappa shape index (κ3) is 3.32. The Hall–Kier alpha value is -1.10. The number of hydrogen-bond donors (Lipinski definition) is 1. The summed E-state index contributed by atoms with van der Waals surface area (Å²) in [7, 11) is 0. The first-order valence-corrected chi connectivity index (χ1v) is 9.82. The molecule has 0 aromatic heterocycles. The molecule has 3 aliphatic rings. The lowest BCUT2D eigenvalue weighted by molar-refractivity contribution is -0.166. The highest BCUT2D eigenvalue weighted by atomic mass is 16.5. The highest BCUT2D eigenvalue weighted by Gasteiger charge is 2.54. The summed E-state index contributed by atoms with van der Waals surface area (Å²) < 4.78 is 6.20. The van der Waals surface area contributed by atoms with Crippen molar-refractivity contribution >= 4 is 11.8 Å². The van der Waals surface area contributed by atoms with Gasteiger partial charge in [0.1, 0.15) is 11.8 Å². The van der Waals surface area contributed by atoms with Gasteiger partial charge in [0.15, 0.2) is 0 Å². The second-order valence-corrected chi connectivity index (χ2v) is 7.96. The van der Waals surface area contributed by atoms with Crippen LogP contribution in [0.25, 0.3) is 0 Å². The van der Waals surface area contributed by atoms with Gasteiger partial charge in [0.2, 0.25) is 11.8 Å². The predicted octanol–water partition coefficient (Wildman–Crippen LogP) is 2.84. The molecule has 5 heteroatoms. The molecule has 5 nitrogen and oxygen atoms in total. The second-order valence-electron chi connectivity index (χ2n) is 7.96. The highest BCUT2D eigenvalue weighted by Crippen LogP contribution is 2.44. The Kier molecular flexibility index (Phi) is 5.48. The summed E-state index contributed by atoms with van der Waals surface area (Å²) in [5.41, 5.74) is -0.536. The van der Waals surface area contributed by atoms with E-state index in [9.17, 15) is 9.59 Å². The molecule has 2 saturated carbocycles. The van der Waals surface area contributed by atoms with E-state index in [2.05, 4.69) is 12.2 Å². The van der Waals surface area contributed by atoms with Crippen molar-refractivity contribution in [3.8, 4) is 0 Å². The van der Waals surface area contributed by atoms with E-state index in [1.165, 1.54) is 6.42 Å². The van der Waals surface area contributed by atoms with Gasteiger partial charge < -0.3 is 10.1 Å². The number of ether oxygens (including phenoxy) is 1. The molecule has 2 amide bonds. The van der Waals surface area contributed by atoms with Gasteiger partial charge in [0, 0.05) is 12.5 Å². The van der Waals surface area contributed by atoms with Crippen molar-refractivity contribution in [3.63, 3.8) is 0 Å². The van der Waals surface area contributed by atoms with E-state index in [0.717, 1.165) is 51.4 Å². The zero-order valence-corrected chi connectivity index (χ0v) is 15.2. The molecule has 1 spiro atoms. The summed E-state index contributed by atoms with van der Waals surface area (Å²) in [6.45, 7) is 5.27. The van der Waals surface area contributed by atoms with Gasteiger partial charge >= 0.3 is 0 Å². The fraction of sp³-hybridized carbons (Fsp3) is 0.895. The number of carbonyl (C=O) groups excluding carboxylic acids is 2. The monoisotopic (exact) mass is 336 g/mol. The number of amides is 2. The Morgan fingerprint density at radius 2 is 1.96 bits per heavy atom. The van der Waals surface area contributed by atoms with E-state index in [1.54, 1.807) is 0 Å². The van der Waals surface area contributed by atoms with Crippen LogP contribution in [0.15, 0.2) is 0 Å². The number of hydrogen-bond acceptors (Lipinski definition) is 3. The Morgan fingerprint density at radius 3 is 2.62 bits per heavy atom.